The Morgan fingerprint density at radius 1 is 1.11 bits per heavy atom. The molecule has 0 aliphatic heterocycles. The minimum Gasteiger partial charge on any atom is -0.452 e. The van der Waals surface area contributed by atoms with Crippen LogP contribution in [0.3, 0.4) is 0 Å². The highest BCUT2D eigenvalue weighted by molar-refractivity contribution is 5.95. The predicted molar refractivity (Wildman–Crippen MR) is 96.1 cm³/mol. The van der Waals surface area contributed by atoms with Gasteiger partial charge in [-0.2, -0.15) is 5.10 Å². The zero-order valence-electron chi connectivity index (χ0n) is 15.1. The quantitative estimate of drug-likeness (QED) is 0.682. The van der Waals surface area contributed by atoms with Gasteiger partial charge < -0.3 is 10.1 Å². The molecule has 1 amide bonds. The van der Waals surface area contributed by atoms with Gasteiger partial charge >= 0.3 is 5.97 Å². The Labute approximate surface area is 159 Å². The van der Waals surface area contributed by atoms with Crippen molar-refractivity contribution in [3.05, 3.63) is 71.2 Å². The molecule has 7 nitrogen and oxygen atoms in total. The van der Waals surface area contributed by atoms with Crippen LogP contribution in [0.2, 0.25) is 0 Å². The summed E-state index contributed by atoms with van der Waals surface area (Å²) < 4.78 is 32.5. The van der Waals surface area contributed by atoms with Gasteiger partial charge in [0.15, 0.2) is 24.1 Å². The number of esters is 1. The fourth-order valence-corrected chi connectivity index (χ4v) is 2.48. The van der Waals surface area contributed by atoms with E-state index in [1.807, 2.05) is 19.9 Å². The van der Waals surface area contributed by atoms with Gasteiger partial charge in [-0.25, -0.2) is 23.2 Å². The van der Waals surface area contributed by atoms with Gasteiger partial charge in [-0.1, -0.05) is 0 Å². The van der Waals surface area contributed by atoms with Crippen LogP contribution < -0.4 is 5.32 Å². The van der Waals surface area contributed by atoms with E-state index < -0.39 is 30.1 Å². The first-order chi connectivity index (χ1) is 13.3. The highest BCUT2D eigenvalue weighted by atomic mass is 19.2. The summed E-state index contributed by atoms with van der Waals surface area (Å²) in [6, 6.07) is 7.92. The van der Waals surface area contributed by atoms with E-state index in [1.165, 1.54) is 18.3 Å². The second kappa shape index (κ2) is 7.95. The predicted octanol–water partition coefficient (Wildman–Crippen LogP) is 2.96. The van der Waals surface area contributed by atoms with Gasteiger partial charge in [0.2, 0.25) is 0 Å². The molecular formula is C19H16F2N4O3. The number of nitrogens with one attached hydrogen (secondary N) is 1. The van der Waals surface area contributed by atoms with Gasteiger partial charge in [-0.3, -0.25) is 4.79 Å². The lowest BCUT2D eigenvalue weighted by Gasteiger charge is -2.08. The van der Waals surface area contributed by atoms with E-state index in [2.05, 4.69) is 15.4 Å². The lowest BCUT2D eigenvalue weighted by molar-refractivity contribution is -0.119. The number of carbonyl (C=O) groups is 2. The van der Waals surface area contributed by atoms with Crippen molar-refractivity contribution in [3.8, 4) is 5.82 Å². The molecule has 0 bridgehead atoms. The van der Waals surface area contributed by atoms with Crippen LogP contribution in [0.15, 0.2) is 42.6 Å². The molecule has 28 heavy (non-hydrogen) atoms. The molecule has 9 heteroatoms. The van der Waals surface area contributed by atoms with Crippen LogP contribution in [-0.4, -0.2) is 33.2 Å². The number of benzene rings is 1. The van der Waals surface area contributed by atoms with Crippen molar-refractivity contribution in [2.24, 2.45) is 0 Å². The molecule has 0 spiro atoms. The average Bonchev–Trinajstić information content (AvgIpc) is 3.01. The highest BCUT2D eigenvalue weighted by Crippen LogP contribution is 2.13. The van der Waals surface area contributed by atoms with Crippen molar-refractivity contribution in [1.29, 1.82) is 0 Å². The zero-order valence-corrected chi connectivity index (χ0v) is 15.1. The van der Waals surface area contributed by atoms with E-state index in [9.17, 15) is 18.4 Å². The Kier molecular flexibility index (Phi) is 5.44. The van der Waals surface area contributed by atoms with Gasteiger partial charge in [0, 0.05) is 23.6 Å². The number of pyridine rings is 1. The van der Waals surface area contributed by atoms with Gasteiger partial charge in [0.1, 0.15) is 0 Å². The lowest BCUT2D eigenvalue weighted by atomic mass is 10.3. The maximum absolute atomic E-state index is 13.1. The number of hydrogen-bond donors (Lipinski definition) is 1. The number of rotatable bonds is 5. The minimum absolute atomic E-state index is 0.0517. The van der Waals surface area contributed by atoms with Gasteiger partial charge in [0.05, 0.1) is 11.3 Å². The molecule has 3 aromatic rings. The second-order valence-corrected chi connectivity index (χ2v) is 6.00. The standard InChI is InChI=1S/C19H16F2N4O3/c1-11-7-12(2)25(24-11)17-6-3-13(9-22-17)19(27)28-10-18(26)23-14-4-5-15(20)16(21)8-14/h3-9H,10H2,1-2H3,(H,23,26). The molecule has 0 radical (unpaired) electrons. The van der Waals surface area contributed by atoms with E-state index in [-0.39, 0.29) is 11.3 Å². The number of halogens is 2. The molecular weight excluding hydrogens is 370 g/mol. The topological polar surface area (TPSA) is 86.1 Å². The Bertz CT molecular complexity index is 1030. The first-order valence-corrected chi connectivity index (χ1v) is 8.25. The maximum Gasteiger partial charge on any atom is 0.340 e. The summed E-state index contributed by atoms with van der Waals surface area (Å²) in [5.74, 6) is -3.01. The van der Waals surface area contributed by atoms with E-state index in [4.69, 9.17) is 4.74 Å². The van der Waals surface area contributed by atoms with Crippen molar-refractivity contribution in [2.75, 3.05) is 11.9 Å². The van der Waals surface area contributed by atoms with Gasteiger partial charge in [-0.15, -0.1) is 0 Å². The number of aromatic nitrogens is 3. The fourth-order valence-electron chi connectivity index (χ4n) is 2.48. The van der Waals surface area contributed by atoms with Crippen molar-refractivity contribution in [3.63, 3.8) is 0 Å². The third-order valence-electron chi connectivity index (χ3n) is 3.75. The number of carbonyl (C=O) groups excluding carboxylic acids is 2. The van der Waals surface area contributed by atoms with E-state index in [0.717, 1.165) is 23.5 Å². The molecule has 3 rings (SSSR count). The highest BCUT2D eigenvalue weighted by Gasteiger charge is 2.13. The molecule has 2 heterocycles. The number of hydrogen-bond acceptors (Lipinski definition) is 5. The third kappa shape index (κ3) is 4.37. The summed E-state index contributed by atoms with van der Waals surface area (Å²) in [6.45, 7) is 3.16. The summed E-state index contributed by atoms with van der Waals surface area (Å²) in [6.07, 6.45) is 1.32. The van der Waals surface area contributed by atoms with Crippen molar-refractivity contribution in [1.82, 2.24) is 14.8 Å². The number of aryl methyl sites for hydroxylation is 2. The van der Waals surface area contributed by atoms with Gasteiger partial charge in [-0.05, 0) is 44.2 Å². The molecule has 0 saturated heterocycles. The summed E-state index contributed by atoms with van der Waals surface area (Å²) >= 11 is 0. The van der Waals surface area contributed by atoms with Crippen LogP contribution in [-0.2, 0) is 9.53 Å². The van der Waals surface area contributed by atoms with Crippen molar-refractivity contribution in [2.45, 2.75) is 13.8 Å². The first kappa shape index (κ1) is 19.2. The van der Waals surface area contributed by atoms with Crippen LogP contribution in [0.25, 0.3) is 5.82 Å². The van der Waals surface area contributed by atoms with Crippen LogP contribution in [0.5, 0.6) is 0 Å². The van der Waals surface area contributed by atoms with E-state index in [1.54, 1.807) is 10.7 Å². The third-order valence-corrected chi connectivity index (χ3v) is 3.75. The molecule has 144 valence electrons. The summed E-state index contributed by atoms with van der Waals surface area (Å²) in [5, 5.41) is 6.61. The minimum atomic E-state index is -1.09. The largest absolute Gasteiger partial charge is 0.452 e. The van der Waals surface area contributed by atoms with Crippen LogP contribution in [0.1, 0.15) is 21.7 Å². The lowest BCUT2D eigenvalue weighted by Crippen LogP contribution is -2.21. The Morgan fingerprint density at radius 2 is 1.89 bits per heavy atom. The number of anilines is 1. The second-order valence-electron chi connectivity index (χ2n) is 6.00. The molecule has 0 saturated carbocycles. The smallest absolute Gasteiger partial charge is 0.340 e. The van der Waals surface area contributed by atoms with Crippen LogP contribution in [0, 0.1) is 25.5 Å². The van der Waals surface area contributed by atoms with E-state index in [0.29, 0.717) is 5.82 Å². The normalized spacial score (nSPS) is 10.6. The average molecular weight is 386 g/mol. The monoisotopic (exact) mass is 386 g/mol. The number of nitrogens with zero attached hydrogens (tertiary/aromatic N) is 3. The molecule has 0 unspecified atom stereocenters. The maximum atomic E-state index is 13.1. The first-order valence-electron chi connectivity index (χ1n) is 8.25. The summed E-state index contributed by atoms with van der Waals surface area (Å²) in [4.78, 5) is 28.0. The number of ether oxygens (including phenoxy) is 1. The Hall–Kier alpha value is -3.62. The van der Waals surface area contributed by atoms with Crippen LogP contribution in [0.4, 0.5) is 14.5 Å². The Morgan fingerprint density at radius 3 is 2.50 bits per heavy atom. The molecule has 0 aliphatic rings. The molecule has 0 fully saturated rings. The molecule has 0 atom stereocenters. The molecule has 1 N–H and O–H groups in total. The van der Waals surface area contributed by atoms with Gasteiger partial charge in [0.25, 0.3) is 5.91 Å². The zero-order chi connectivity index (χ0) is 20.3. The summed E-state index contributed by atoms with van der Waals surface area (Å²) in [5.41, 5.74) is 1.95. The Balaban J connectivity index is 1.57. The van der Waals surface area contributed by atoms with Crippen LogP contribution >= 0.6 is 0 Å². The molecule has 0 aliphatic carbocycles. The van der Waals surface area contributed by atoms with Crippen molar-refractivity contribution >= 4 is 17.6 Å². The summed E-state index contributed by atoms with van der Waals surface area (Å²) in [7, 11) is 0. The SMILES string of the molecule is Cc1cc(C)n(-c2ccc(C(=O)OCC(=O)Nc3ccc(F)c(F)c3)cn2)n1. The van der Waals surface area contributed by atoms with Crippen molar-refractivity contribution < 1.29 is 23.1 Å². The fraction of sp³-hybridized carbons (Fsp3) is 0.158. The van der Waals surface area contributed by atoms with E-state index >= 15 is 0 Å². The molecule has 1 aromatic carbocycles. The molecule has 2 aromatic heterocycles. The number of amides is 1.